The molecule has 0 N–H and O–H groups in total. The lowest BCUT2D eigenvalue weighted by molar-refractivity contribution is -0.139. The van der Waals surface area contributed by atoms with Crippen LogP contribution in [0.1, 0.15) is 52.4 Å². The smallest absolute Gasteiger partial charge is 0.248 e. The van der Waals surface area contributed by atoms with Crippen molar-refractivity contribution in [1.29, 1.82) is 0 Å². The van der Waals surface area contributed by atoms with Crippen molar-refractivity contribution < 1.29 is 9.53 Å². The van der Waals surface area contributed by atoms with Crippen molar-refractivity contribution in [2.24, 2.45) is 5.92 Å². The van der Waals surface area contributed by atoms with Crippen molar-refractivity contribution in [2.75, 3.05) is 39.3 Å². The number of nitrogens with zero attached hydrogens (tertiary/aromatic N) is 2. The summed E-state index contributed by atoms with van der Waals surface area (Å²) < 4.78 is 5.46. The van der Waals surface area contributed by atoms with Gasteiger partial charge in [0.15, 0.2) is 0 Å². The summed E-state index contributed by atoms with van der Waals surface area (Å²) in [6.45, 7) is 9.72. The van der Waals surface area contributed by atoms with E-state index in [0.717, 1.165) is 19.5 Å². The van der Waals surface area contributed by atoms with Crippen LogP contribution in [0.4, 0.5) is 0 Å². The molecule has 1 unspecified atom stereocenters. The molecule has 0 saturated carbocycles. The van der Waals surface area contributed by atoms with Crippen molar-refractivity contribution in [2.45, 2.75) is 58.5 Å². The molecule has 21 heavy (non-hydrogen) atoms. The van der Waals surface area contributed by atoms with Gasteiger partial charge in [0.05, 0.1) is 6.10 Å². The summed E-state index contributed by atoms with van der Waals surface area (Å²) in [5.41, 5.74) is 0. The van der Waals surface area contributed by atoms with Crippen LogP contribution < -0.4 is 0 Å². The highest BCUT2D eigenvalue weighted by Gasteiger charge is 2.25. The van der Waals surface area contributed by atoms with Gasteiger partial charge in [-0.15, -0.1) is 0 Å². The topological polar surface area (TPSA) is 32.8 Å². The third-order valence-electron chi connectivity index (χ3n) is 4.63. The monoisotopic (exact) mass is 296 g/mol. The Balaban J connectivity index is 1.75. The van der Waals surface area contributed by atoms with Crippen LogP contribution in [-0.2, 0) is 9.53 Å². The van der Waals surface area contributed by atoms with Gasteiger partial charge in [-0.3, -0.25) is 4.79 Å². The van der Waals surface area contributed by atoms with Crippen LogP contribution in [-0.4, -0.2) is 61.1 Å². The van der Waals surface area contributed by atoms with Crippen molar-refractivity contribution in [3.05, 3.63) is 0 Å². The Bertz CT molecular complexity index is 312. The SMILES string of the molecule is CC(C)OCC(=O)N1CCCC(CN2CCCCCC2)C1. The van der Waals surface area contributed by atoms with Crippen molar-refractivity contribution in [3.8, 4) is 0 Å². The molecule has 0 aliphatic carbocycles. The minimum atomic E-state index is 0.131. The van der Waals surface area contributed by atoms with E-state index >= 15 is 0 Å². The molecule has 0 aromatic carbocycles. The zero-order valence-corrected chi connectivity index (χ0v) is 13.9. The minimum absolute atomic E-state index is 0.131. The Kier molecular flexibility index (Phi) is 6.97. The van der Waals surface area contributed by atoms with Gasteiger partial charge in [-0.05, 0) is 58.5 Å². The Morgan fingerprint density at radius 3 is 2.48 bits per heavy atom. The third-order valence-corrected chi connectivity index (χ3v) is 4.63. The molecule has 2 aliphatic heterocycles. The summed E-state index contributed by atoms with van der Waals surface area (Å²) in [4.78, 5) is 16.8. The van der Waals surface area contributed by atoms with Gasteiger partial charge in [-0.1, -0.05) is 12.8 Å². The van der Waals surface area contributed by atoms with Crippen molar-refractivity contribution in [3.63, 3.8) is 0 Å². The highest BCUT2D eigenvalue weighted by Crippen LogP contribution is 2.20. The summed E-state index contributed by atoms with van der Waals surface area (Å²) in [6, 6.07) is 0. The largest absolute Gasteiger partial charge is 0.369 e. The Hall–Kier alpha value is -0.610. The molecule has 2 aliphatic rings. The van der Waals surface area contributed by atoms with Gasteiger partial charge in [-0.25, -0.2) is 0 Å². The highest BCUT2D eigenvalue weighted by molar-refractivity contribution is 5.77. The van der Waals surface area contributed by atoms with Gasteiger partial charge in [0.1, 0.15) is 6.61 Å². The summed E-state index contributed by atoms with van der Waals surface area (Å²) in [5.74, 6) is 0.823. The predicted octanol–water partition coefficient (Wildman–Crippen LogP) is 2.53. The summed E-state index contributed by atoms with van der Waals surface area (Å²) in [5, 5.41) is 0. The first-order valence-electron chi connectivity index (χ1n) is 8.77. The summed E-state index contributed by atoms with van der Waals surface area (Å²) in [7, 11) is 0. The molecule has 0 bridgehead atoms. The molecule has 2 saturated heterocycles. The van der Waals surface area contributed by atoms with E-state index in [0.29, 0.717) is 5.92 Å². The fourth-order valence-corrected chi connectivity index (χ4v) is 3.45. The maximum Gasteiger partial charge on any atom is 0.248 e. The number of hydrogen-bond donors (Lipinski definition) is 0. The van der Waals surface area contributed by atoms with E-state index in [1.165, 1.54) is 51.7 Å². The standard InChI is InChI=1S/C17H32N2O2/c1-15(2)21-14-17(20)19-11-7-8-16(13-19)12-18-9-5-3-4-6-10-18/h15-16H,3-14H2,1-2H3. The van der Waals surface area contributed by atoms with Crippen LogP contribution in [0.3, 0.4) is 0 Å². The molecule has 4 heteroatoms. The van der Waals surface area contributed by atoms with Gasteiger partial charge < -0.3 is 14.5 Å². The summed E-state index contributed by atoms with van der Waals surface area (Å²) in [6.07, 6.45) is 8.01. The zero-order valence-electron chi connectivity index (χ0n) is 13.9. The van der Waals surface area contributed by atoms with Crippen LogP contribution in [0, 0.1) is 5.92 Å². The second-order valence-electron chi connectivity index (χ2n) is 6.92. The Labute approximate surface area is 129 Å². The van der Waals surface area contributed by atoms with Crippen LogP contribution in [0.25, 0.3) is 0 Å². The first-order chi connectivity index (χ1) is 10.1. The van der Waals surface area contributed by atoms with E-state index < -0.39 is 0 Å². The molecular weight excluding hydrogens is 264 g/mol. The number of carbonyl (C=O) groups excluding carboxylic acids is 1. The third kappa shape index (κ3) is 5.95. The van der Waals surface area contributed by atoms with Crippen LogP contribution in [0.15, 0.2) is 0 Å². The number of ether oxygens (including phenoxy) is 1. The van der Waals surface area contributed by atoms with Gasteiger partial charge in [0.2, 0.25) is 5.91 Å². The number of carbonyl (C=O) groups is 1. The number of hydrogen-bond acceptors (Lipinski definition) is 3. The summed E-state index contributed by atoms with van der Waals surface area (Å²) >= 11 is 0. The van der Waals surface area contributed by atoms with Gasteiger partial charge in [0, 0.05) is 19.6 Å². The van der Waals surface area contributed by atoms with Gasteiger partial charge in [0.25, 0.3) is 0 Å². The van der Waals surface area contributed by atoms with E-state index in [2.05, 4.69) is 4.90 Å². The zero-order chi connectivity index (χ0) is 15.1. The number of amides is 1. The van der Waals surface area contributed by atoms with E-state index in [-0.39, 0.29) is 18.6 Å². The first kappa shape index (κ1) is 16.8. The average molecular weight is 296 g/mol. The minimum Gasteiger partial charge on any atom is -0.369 e. The maximum absolute atomic E-state index is 12.2. The van der Waals surface area contributed by atoms with Crippen LogP contribution >= 0.6 is 0 Å². The molecule has 0 radical (unpaired) electrons. The molecule has 1 amide bonds. The van der Waals surface area contributed by atoms with E-state index in [9.17, 15) is 4.79 Å². The molecule has 2 fully saturated rings. The molecule has 0 aromatic heterocycles. The number of rotatable bonds is 5. The second-order valence-corrected chi connectivity index (χ2v) is 6.92. The maximum atomic E-state index is 12.2. The quantitative estimate of drug-likeness (QED) is 0.781. The Morgan fingerprint density at radius 2 is 1.81 bits per heavy atom. The number of likely N-dealkylation sites (tertiary alicyclic amines) is 2. The van der Waals surface area contributed by atoms with E-state index in [1.807, 2.05) is 18.7 Å². The molecule has 2 heterocycles. The lowest BCUT2D eigenvalue weighted by Crippen LogP contribution is -2.45. The highest BCUT2D eigenvalue weighted by atomic mass is 16.5. The Morgan fingerprint density at radius 1 is 1.10 bits per heavy atom. The molecule has 4 nitrogen and oxygen atoms in total. The first-order valence-corrected chi connectivity index (χ1v) is 8.77. The van der Waals surface area contributed by atoms with Gasteiger partial charge >= 0.3 is 0 Å². The van der Waals surface area contributed by atoms with Crippen LogP contribution in [0.2, 0.25) is 0 Å². The fraction of sp³-hybridized carbons (Fsp3) is 0.941. The van der Waals surface area contributed by atoms with Crippen molar-refractivity contribution in [1.82, 2.24) is 9.80 Å². The van der Waals surface area contributed by atoms with E-state index in [4.69, 9.17) is 4.74 Å². The molecule has 1 atom stereocenters. The van der Waals surface area contributed by atoms with Gasteiger partial charge in [-0.2, -0.15) is 0 Å². The molecule has 2 rings (SSSR count). The fourth-order valence-electron chi connectivity index (χ4n) is 3.45. The second kappa shape index (κ2) is 8.74. The average Bonchev–Trinajstić information content (AvgIpc) is 2.73. The number of piperidine rings is 1. The molecule has 0 spiro atoms. The van der Waals surface area contributed by atoms with E-state index in [1.54, 1.807) is 0 Å². The molecule has 0 aromatic rings. The lowest BCUT2D eigenvalue weighted by Gasteiger charge is -2.35. The lowest BCUT2D eigenvalue weighted by atomic mass is 9.97. The molecule has 122 valence electrons. The van der Waals surface area contributed by atoms with Crippen LogP contribution in [0.5, 0.6) is 0 Å². The normalized spacial score (nSPS) is 25.1. The predicted molar refractivity (Wildman–Crippen MR) is 85.3 cm³/mol. The van der Waals surface area contributed by atoms with Crippen molar-refractivity contribution >= 4 is 5.91 Å². The molecular formula is C17H32N2O2.